The van der Waals surface area contributed by atoms with Gasteiger partial charge in [0.2, 0.25) is 0 Å². The largest absolute Gasteiger partial charge is 0.469 e. The number of rotatable bonds is 7. The van der Waals surface area contributed by atoms with Gasteiger partial charge in [-0.05, 0) is 36.4 Å². The lowest BCUT2D eigenvalue weighted by Crippen LogP contribution is -2.26. The van der Waals surface area contributed by atoms with Crippen molar-refractivity contribution < 1.29 is 14.3 Å². The van der Waals surface area contributed by atoms with Crippen LogP contribution in [0.4, 0.5) is 0 Å². The molecule has 0 aliphatic rings. The van der Waals surface area contributed by atoms with Crippen molar-refractivity contribution in [2.75, 3.05) is 13.7 Å². The summed E-state index contributed by atoms with van der Waals surface area (Å²) in [5.74, 6) is 0.210. The molecule has 2 aromatic heterocycles. The Balaban J connectivity index is 1.52. The molecule has 0 aliphatic heterocycles. The van der Waals surface area contributed by atoms with E-state index < -0.39 is 0 Å². The van der Waals surface area contributed by atoms with Crippen molar-refractivity contribution in [3.63, 3.8) is 0 Å². The topological polar surface area (TPSA) is 72.7 Å². The van der Waals surface area contributed by atoms with Crippen LogP contribution in [0.5, 0.6) is 0 Å². The third kappa shape index (κ3) is 4.64. The lowest BCUT2D eigenvalue weighted by Gasteiger charge is -2.05. The van der Waals surface area contributed by atoms with Gasteiger partial charge in [0, 0.05) is 35.2 Å². The monoisotopic (exact) mass is 369 g/mol. The first-order chi connectivity index (χ1) is 12.7. The van der Waals surface area contributed by atoms with Gasteiger partial charge < -0.3 is 14.5 Å². The number of fused-ring (bicyclic) bond motifs is 1. The Bertz CT molecular complexity index is 873. The molecular formula is C19H19N3O3S. The fourth-order valence-electron chi connectivity index (χ4n) is 2.40. The Morgan fingerprint density at radius 2 is 2.00 bits per heavy atom. The van der Waals surface area contributed by atoms with E-state index in [9.17, 15) is 9.59 Å². The Morgan fingerprint density at radius 3 is 2.73 bits per heavy atom. The number of nitrogens with zero attached hydrogens (tertiary/aromatic N) is 2. The van der Waals surface area contributed by atoms with Crippen LogP contribution in [0.3, 0.4) is 0 Å². The molecule has 3 aromatic rings. The lowest BCUT2D eigenvalue weighted by atomic mass is 10.2. The Kier molecular flexibility index (Phi) is 5.91. The average molecular weight is 369 g/mol. The zero-order valence-electron chi connectivity index (χ0n) is 14.3. The summed E-state index contributed by atoms with van der Waals surface area (Å²) in [6.45, 7) is 0.260. The minimum Gasteiger partial charge on any atom is -0.469 e. The van der Waals surface area contributed by atoms with Crippen LogP contribution in [0.25, 0.3) is 5.65 Å². The molecule has 1 aromatic carbocycles. The van der Waals surface area contributed by atoms with Crippen molar-refractivity contribution in [3.8, 4) is 0 Å². The lowest BCUT2D eigenvalue weighted by molar-refractivity contribution is -0.140. The van der Waals surface area contributed by atoms with Gasteiger partial charge >= 0.3 is 5.97 Å². The maximum atomic E-state index is 12.0. The van der Waals surface area contributed by atoms with Gasteiger partial charge in [-0.2, -0.15) is 0 Å². The Hall–Kier alpha value is -2.80. The first-order valence-corrected chi connectivity index (χ1v) is 9.15. The third-order valence-corrected chi connectivity index (χ3v) is 4.81. The van der Waals surface area contributed by atoms with Gasteiger partial charge in [-0.1, -0.05) is 6.07 Å². The molecule has 2 heterocycles. The summed E-state index contributed by atoms with van der Waals surface area (Å²) < 4.78 is 6.53. The van der Waals surface area contributed by atoms with Gasteiger partial charge in [0.05, 0.1) is 19.2 Å². The molecule has 0 unspecified atom stereocenters. The molecule has 0 spiro atoms. The number of hydrogen-bond acceptors (Lipinski definition) is 5. The predicted molar refractivity (Wildman–Crippen MR) is 100 cm³/mol. The number of nitrogens with one attached hydrogen (secondary N) is 1. The number of hydrogen-bond donors (Lipinski definition) is 1. The minimum atomic E-state index is -0.344. The van der Waals surface area contributed by atoms with E-state index >= 15 is 0 Å². The van der Waals surface area contributed by atoms with Crippen molar-refractivity contribution in [1.82, 2.24) is 14.7 Å². The smallest absolute Gasteiger partial charge is 0.307 e. The van der Waals surface area contributed by atoms with Gasteiger partial charge in [0.25, 0.3) is 5.91 Å². The molecule has 0 aliphatic carbocycles. The fraction of sp³-hybridized carbons (Fsp3) is 0.211. The maximum Gasteiger partial charge on any atom is 0.307 e. The van der Waals surface area contributed by atoms with Gasteiger partial charge in [-0.25, -0.2) is 4.98 Å². The first-order valence-electron chi connectivity index (χ1n) is 8.16. The summed E-state index contributed by atoms with van der Waals surface area (Å²) in [6.07, 6.45) is 4.16. The van der Waals surface area contributed by atoms with E-state index in [4.69, 9.17) is 0 Å². The van der Waals surface area contributed by atoms with Crippen molar-refractivity contribution in [3.05, 3.63) is 66.1 Å². The van der Waals surface area contributed by atoms with Crippen LogP contribution in [-0.2, 0) is 15.3 Å². The SMILES string of the molecule is COC(=O)CCNC(=O)c1ccc(SCc2cn3ccccc3n2)cc1. The van der Waals surface area contributed by atoms with Crippen molar-refractivity contribution in [1.29, 1.82) is 0 Å². The van der Waals surface area contributed by atoms with E-state index in [0.29, 0.717) is 5.56 Å². The number of imidazole rings is 1. The number of methoxy groups -OCH3 is 1. The summed E-state index contributed by atoms with van der Waals surface area (Å²) in [5.41, 5.74) is 2.50. The fourth-order valence-corrected chi connectivity index (χ4v) is 3.18. The third-order valence-electron chi connectivity index (χ3n) is 3.76. The van der Waals surface area contributed by atoms with E-state index in [1.807, 2.05) is 47.1 Å². The molecule has 134 valence electrons. The quantitative estimate of drug-likeness (QED) is 0.512. The average Bonchev–Trinajstić information content (AvgIpc) is 3.09. The van der Waals surface area contributed by atoms with Crippen LogP contribution in [0.15, 0.2) is 59.8 Å². The molecule has 0 saturated heterocycles. The molecule has 26 heavy (non-hydrogen) atoms. The van der Waals surface area contributed by atoms with Crippen molar-refractivity contribution in [2.24, 2.45) is 0 Å². The normalized spacial score (nSPS) is 10.7. The molecule has 0 fully saturated rings. The zero-order valence-corrected chi connectivity index (χ0v) is 15.2. The maximum absolute atomic E-state index is 12.0. The van der Waals surface area contributed by atoms with Crippen LogP contribution in [0.1, 0.15) is 22.5 Å². The number of carbonyl (C=O) groups excluding carboxylic acids is 2. The number of aromatic nitrogens is 2. The van der Waals surface area contributed by atoms with E-state index in [0.717, 1.165) is 22.0 Å². The highest BCUT2D eigenvalue weighted by Gasteiger charge is 2.07. The van der Waals surface area contributed by atoms with E-state index in [-0.39, 0.29) is 24.8 Å². The molecule has 6 nitrogen and oxygen atoms in total. The summed E-state index contributed by atoms with van der Waals surface area (Å²) in [4.78, 5) is 28.7. The van der Waals surface area contributed by atoms with Crippen LogP contribution >= 0.6 is 11.8 Å². The molecule has 1 N–H and O–H groups in total. The molecule has 3 rings (SSSR count). The number of esters is 1. The van der Waals surface area contributed by atoms with Crippen LogP contribution < -0.4 is 5.32 Å². The van der Waals surface area contributed by atoms with Gasteiger partial charge in [-0.3, -0.25) is 9.59 Å². The molecule has 0 atom stereocenters. The second-order valence-corrected chi connectivity index (χ2v) is 6.64. The summed E-state index contributed by atoms with van der Waals surface area (Å²) in [7, 11) is 1.33. The number of amides is 1. The highest BCUT2D eigenvalue weighted by atomic mass is 32.2. The number of carbonyl (C=O) groups is 2. The zero-order chi connectivity index (χ0) is 18.4. The molecule has 1 amide bonds. The standard InChI is InChI=1S/C19H19N3O3S/c1-25-18(23)9-10-20-19(24)14-5-7-16(8-6-14)26-13-15-12-22-11-3-2-4-17(22)21-15/h2-8,11-12H,9-10,13H2,1H3,(H,20,24). The van der Waals surface area contributed by atoms with Gasteiger partial charge in [0.1, 0.15) is 5.65 Å². The first kappa shape index (κ1) is 18.0. The summed E-state index contributed by atoms with van der Waals surface area (Å²) in [6, 6.07) is 13.3. The second kappa shape index (κ2) is 8.53. The number of thioether (sulfide) groups is 1. The Morgan fingerprint density at radius 1 is 1.19 bits per heavy atom. The van der Waals surface area contributed by atoms with E-state index in [2.05, 4.69) is 15.0 Å². The predicted octanol–water partition coefficient (Wildman–Crippen LogP) is 2.92. The highest BCUT2D eigenvalue weighted by molar-refractivity contribution is 7.98. The number of benzene rings is 1. The van der Waals surface area contributed by atoms with E-state index in [1.54, 1.807) is 23.9 Å². The van der Waals surface area contributed by atoms with Crippen LogP contribution in [0.2, 0.25) is 0 Å². The molecule has 0 radical (unpaired) electrons. The van der Waals surface area contributed by atoms with Crippen molar-refractivity contribution >= 4 is 29.3 Å². The van der Waals surface area contributed by atoms with Crippen LogP contribution in [0, 0.1) is 0 Å². The van der Waals surface area contributed by atoms with Crippen molar-refractivity contribution in [2.45, 2.75) is 17.1 Å². The molecule has 0 saturated carbocycles. The minimum absolute atomic E-state index is 0.162. The summed E-state index contributed by atoms with van der Waals surface area (Å²) >= 11 is 1.67. The number of ether oxygens (including phenoxy) is 1. The van der Waals surface area contributed by atoms with Gasteiger partial charge in [-0.15, -0.1) is 11.8 Å². The molecule has 0 bridgehead atoms. The summed E-state index contributed by atoms with van der Waals surface area (Å²) in [5, 5.41) is 2.70. The molecule has 7 heteroatoms. The van der Waals surface area contributed by atoms with E-state index in [1.165, 1.54) is 7.11 Å². The van der Waals surface area contributed by atoms with Crippen LogP contribution in [-0.4, -0.2) is 34.9 Å². The van der Waals surface area contributed by atoms with Gasteiger partial charge in [0.15, 0.2) is 0 Å². The highest BCUT2D eigenvalue weighted by Crippen LogP contribution is 2.23. The number of pyridine rings is 1. The molecular weight excluding hydrogens is 350 g/mol. The second-order valence-electron chi connectivity index (χ2n) is 5.59. The Labute approximate surface area is 155 Å².